The molecule has 1 heterocycles. The minimum atomic E-state index is -1.36. The summed E-state index contributed by atoms with van der Waals surface area (Å²) in [6, 6.07) is 8.69. The van der Waals surface area contributed by atoms with Crippen LogP contribution < -0.4 is 0 Å². The van der Waals surface area contributed by atoms with Gasteiger partial charge in [-0.3, -0.25) is 19.4 Å². The summed E-state index contributed by atoms with van der Waals surface area (Å²) in [5.41, 5.74) is -0.706. The Morgan fingerprint density at radius 1 is 0.710 bits per heavy atom. The second kappa shape index (κ2) is 11.4. The van der Waals surface area contributed by atoms with Crippen molar-refractivity contribution in [1.29, 1.82) is 0 Å². The topological polar surface area (TPSA) is 64.2 Å². The zero-order valence-electron chi connectivity index (χ0n) is 19.8. The van der Waals surface area contributed by atoms with Gasteiger partial charge in [-0.25, -0.2) is 4.79 Å². The first-order chi connectivity index (χ1) is 14.9. The summed E-state index contributed by atoms with van der Waals surface area (Å²) < 4.78 is 0. The lowest BCUT2D eigenvalue weighted by atomic mass is 9.74. The predicted octanol–water partition coefficient (Wildman–Crippen LogP) is 2.81. The van der Waals surface area contributed by atoms with E-state index in [4.69, 9.17) is 0 Å². The Kier molecular flexibility index (Phi) is 9.19. The van der Waals surface area contributed by atoms with E-state index in [0.717, 1.165) is 26.2 Å². The van der Waals surface area contributed by atoms with Crippen LogP contribution in [0.3, 0.4) is 0 Å². The Hall–Kier alpha value is -2.25. The quantitative estimate of drug-likeness (QED) is 0.477. The summed E-state index contributed by atoms with van der Waals surface area (Å²) in [6.45, 7) is 15.2. The molecule has 4 amide bonds. The van der Waals surface area contributed by atoms with Crippen LogP contribution >= 0.6 is 0 Å². The number of urea groups is 1. The molecule has 0 radical (unpaired) electrons. The smallest absolute Gasteiger partial charge is 0.302 e. The molecular formula is C24H38N4O3. The number of amides is 4. The zero-order valence-corrected chi connectivity index (χ0v) is 19.8. The van der Waals surface area contributed by atoms with Crippen LogP contribution in [-0.2, 0) is 15.0 Å². The number of imide groups is 2. The first kappa shape index (κ1) is 25.0. The number of barbiturate groups is 1. The van der Waals surface area contributed by atoms with Crippen LogP contribution in [0.5, 0.6) is 0 Å². The largest absolute Gasteiger partial charge is 0.333 e. The molecular weight excluding hydrogens is 392 g/mol. The van der Waals surface area contributed by atoms with E-state index in [1.807, 2.05) is 37.3 Å². The lowest BCUT2D eigenvalue weighted by Crippen LogP contribution is -2.68. The summed E-state index contributed by atoms with van der Waals surface area (Å²) in [4.78, 5) is 47.7. The monoisotopic (exact) mass is 430 g/mol. The van der Waals surface area contributed by atoms with Crippen molar-refractivity contribution in [3.05, 3.63) is 35.9 Å². The first-order valence-electron chi connectivity index (χ1n) is 11.6. The van der Waals surface area contributed by atoms with Crippen LogP contribution in [0.25, 0.3) is 0 Å². The van der Waals surface area contributed by atoms with Crippen LogP contribution in [0.4, 0.5) is 4.79 Å². The zero-order chi connectivity index (χ0) is 23.0. The molecule has 1 fully saturated rings. The average molecular weight is 431 g/mol. The molecule has 0 aliphatic carbocycles. The minimum Gasteiger partial charge on any atom is -0.302 e. The van der Waals surface area contributed by atoms with Gasteiger partial charge in [0.25, 0.3) is 11.8 Å². The van der Waals surface area contributed by atoms with E-state index < -0.39 is 23.3 Å². The van der Waals surface area contributed by atoms with Crippen LogP contribution in [0.1, 0.15) is 46.6 Å². The normalized spacial score (nSPS) is 16.7. The van der Waals surface area contributed by atoms with Crippen LogP contribution in [0, 0.1) is 0 Å². The van der Waals surface area contributed by atoms with Crippen molar-refractivity contribution in [2.24, 2.45) is 0 Å². The van der Waals surface area contributed by atoms with E-state index in [-0.39, 0.29) is 13.1 Å². The van der Waals surface area contributed by atoms with Gasteiger partial charge in [-0.15, -0.1) is 0 Å². The molecule has 0 aromatic heterocycles. The highest BCUT2D eigenvalue weighted by atomic mass is 16.2. The number of hydrogen-bond acceptors (Lipinski definition) is 5. The fourth-order valence-electron chi connectivity index (χ4n) is 4.30. The number of hydrogen-bond donors (Lipinski definition) is 0. The lowest BCUT2D eigenvalue weighted by molar-refractivity contribution is -0.152. The molecule has 0 saturated carbocycles. The van der Waals surface area contributed by atoms with Gasteiger partial charge in [0.15, 0.2) is 5.41 Å². The maximum absolute atomic E-state index is 13.7. The van der Waals surface area contributed by atoms with Gasteiger partial charge in [-0.2, -0.15) is 0 Å². The number of carbonyl (C=O) groups excluding carboxylic acids is 3. The highest BCUT2D eigenvalue weighted by molar-refractivity contribution is 6.22. The third-order valence-electron chi connectivity index (χ3n) is 6.55. The Morgan fingerprint density at radius 2 is 1.13 bits per heavy atom. The highest BCUT2D eigenvalue weighted by Crippen LogP contribution is 2.36. The molecule has 2 rings (SSSR count). The summed E-state index contributed by atoms with van der Waals surface area (Å²) in [7, 11) is 0. The van der Waals surface area contributed by atoms with Crippen molar-refractivity contribution < 1.29 is 14.4 Å². The third-order valence-corrected chi connectivity index (χ3v) is 6.55. The second-order valence-electron chi connectivity index (χ2n) is 7.87. The SMILES string of the molecule is CCN(CC)CCN1C(=O)N(CCN(CC)CC)C(=O)C(CC)(c2ccccc2)C1=O. The van der Waals surface area contributed by atoms with Crippen molar-refractivity contribution >= 4 is 17.8 Å². The molecule has 1 saturated heterocycles. The van der Waals surface area contributed by atoms with Crippen LogP contribution in [0.15, 0.2) is 30.3 Å². The Bertz CT molecular complexity index is 706. The molecule has 1 aromatic carbocycles. The van der Waals surface area contributed by atoms with E-state index in [1.165, 1.54) is 9.80 Å². The van der Waals surface area contributed by atoms with Gasteiger partial charge in [0.2, 0.25) is 0 Å². The molecule has 7 heteroatoms. The van der Waals surface area contributed by atoms with Crippen molar-refractivity contribution in [3.63, 3.8) is 0 Å². The molecule has 0 bridgehead atoms. The van der Waals surface area contributed by atoms with Crippen molar-refractivity contribution in [2.75, 3.05) is 52.4 Å². The van der Waals surface area contributed by atoms with Gasteiger partial charge in [0, 0.05) is 26.2 Å². The lowest BCUT2D eigenvalue weighted by Gasteiger charge is -2.44. The molecule has 1 aliphatic heterocycles. The fourth-order valence-corrected chi connectivity index (χ4v) is 4.30. The van der Waals surface area contributed by atoms with Gasteiger partial charge in [-0.1, -0.05) is 65.0 Å². The van der Waals surface area contributed by atoms with E-state index >= 15 is 0 Å². The summed E-state index contributed by atoms with van der Waals surface area (Å²) >= 11 is 0. The van der Waals surface area contributed by atoms with Gasteiger partial charge in [-0.05, 0) is 38.2 Å². The predicted molar refractivity (Wildman–Crippen MR) is 123 cm³/mol. The standard InChI is InChI=1S/C24H38N4O3/c1-6-24(20-14-12-11-13-15-20)21(29)27(18-16-25(7-2)8-3)23(31)28(22(24)30)19-17-26(9-4)10-5/h11-15H,6-10,16-19H2,1-5H3. The molecule has 1 aliphatic rings. The maximum atomic E-state index is 13.7. The summed E-state index contributed by atoms with van der Waals surface area (Å²) in [5, 5.41) is 0. The van der Waals surface area contributed by atoms with E-state index in [1.54, 1.807) is 0 Å². The van der Waals surface area contributed by atoms with E-state index in [2.05, 4.69) is 37.5 Å². The fraction of sp³-hybridized carbons (Fsp3) is 0.625. The Balaban J connectivity index is 2.45. The summed E-state index contributed by atoms with van der Waals surface area (Å²) in [5.74, 6) is -0.801. The molecule has 172 valence electrons. The van der Waals surface area contributed by atoms with E-state index in [0.29, 0.717) is 25.1 Å². The van der Waals surface area contributed by atoms with Crippen LogP contribution in [0.2, 0.25) is 0 Å². The Morgan fingerprint density at radius 3 is 1.48 bits per heavy atom. The van der Waals surface area contributed by atoms with Gasteiger partial charge in [0.05, 0.1) is 0 Å². The van der Waals surface area contributed by atoms with Crippen LogP contribution in [-0.4, -0.2) is 89.8 Å². The number of benzene rings is 1. The summed E-state index contributed by atoms with van der Waals surface area (Å²) in [6.07, 6.45) is 0.311. The molecule has 0 N–H and O–H groups in total. The molecule has 1 aromatic rings. The van der Waals surface area contributed by atoms with Crippen molar-refractivity contribution in [2.45, 2.75) is 46.5 Å². The molecule has 31 heavy (non-hydrogen) atoms. The Labute approximate surface area is 187 Å². The molecule has 0 spiro atoms. The van der Waals surface area contributed by atoms with Gasteiger partial charge >= 0.3 is 6.03 Å². The highest BCUT2D eigenvalue weighted by Gasteiger charge is 2.57. The number of likely N-dealkylation sites (N-methyl/N-ethyl adjacent to an activating group) is 2. The second-order valence-corrected chi connectivity index (χ2v) is 7.87. The van der Waals surface area contributed by atoms with Crippen molar-refractivity contribution in [3.8, 4) is 0 Å². The van der Waals surface area contributed by atoms with Gasteiger partial charge < -0.3 is 9.80 Å². The van der Waals surface area contributed by atoms with E-state index in [9.17, 15) is 14.4 Å². The third kappa shape index (κ3) is 4.99. The molecule has 0 unspecified atom stereocenters. The minimum absolute atomic E-state index is 0.281. The molecule has 0 atom stereocenters. The number of carbonyl (C=O) groups is 3. The number of rotatable bonds is 12. The molecule has 7 nitrogen and oxygen atoms in total. The number of nitrogens with zero attached hydrogens (tertiary/aromatic N) is 4. The first-order valence-corrected chi connectivity index (χ1v) is 11.6. The average Bonchev–Trinajstić information content (AvgIpc) is 2.80. The van der Waals surface area contributed by atoms with Crippen molar-refractivity contribution in [1.82, 2.24) is 19.6 Å². The maximum Gasteiger partial charge on any atom is 0.333 e. The van der Waals surface area contributed by atoms with Gasteiger partial charge in [0.1, 0.15) is 0 Å².